The molecule has 0 bridgehead atoms. The first-order valence-corrected chi connectivity index (χ1v) is 5.46. The number of halogens is 1. The molecule has 0 aliphatic rings. The molecule has 3 nitrogen and oxygen atoms in total. The smallest absolute Gasteiger partial charge is 0.159 e. The van der Waals surface area contributed by atoms with Crippen molar-refractivity contribution in [2.75, 3.05) is 11.9 Å². The van der Waals surface area contributed by atoms with Crippen LogP contribution in [0.25, 0.3) is 10.8 Å². The lowest BCUT2D eigenvalue weighted by Crippen LogP contribution is -2.04. The lowest BCUT2D eigenvalue weighted by molar-refractivity contribution is 0.999. The van der Waals surface area contributed by atoms with Gasteiger partial charge in [-0.05, 0) is 6.42 Å². The third-order valence-electron chi connectivity index (χ3n) is 2.28. The third kappa shape index (κ3) is 2.14. The molecule has 0 aliphatic heterocycles. The van der Waals surface area contributed by atoms with Crippen molar-refractivity contribution in [3.8, 4) is 0 Å². The van der Waals surface area contributed by atoms with Gasteiger partial charge in [-0.3, -0.25) is 0 Å². The zero-order valence-corrected chi connectivity index (χ0v) is 9.54. The van der Waals surface area contributed by atoms with Crippen molar-refractivity contribution in [2.24, 2.45) is 0 Å². The fraction of sp³-hybridized carbons (Fsp3) is 0.167. The molecule has 0 saturated heterocycles. The van der Waals surface area contributed by atoms with Crippen molar-refractivity contribution in [1.82, 2.24) is 10.2 Å². The predicted octanol–water partition coefficient (Wildman–Crippen LogP) is 3.27. The SMILES string of the molecule is C=CCCNc1nnc(Cl)c2ccccc12. The normalized spacial score (nSPS) is 10.3. The monoisotopic (exact) mass is 233 g/mol. The number of nitrogens with zero attached hydrogens (tertiary/aromatic N) is 2. The van der Waals surface area contributed by atoms with E-state index in [1.807, 2.05) is 30.3 Å². The highest BCUT2D eigenvalue weighted by molar-refractivity contribution is 6.34. The summed E-state index contributed by atoms with van der Waals surface area (Å²) in [5.74, 6) is 0.766. The molecule has 0 unspecified atom stereocenters. The van der Waals surface area contributed by atoms with Gasteiger partial charge in [0.1, 0.15) is 0 Å². The van der Waals surface area contributed by atoms with E-state index in [1.165, 1.54) is 0 Å². The second-order valence-corrected chi connectivity index (χ2v) is 3.75. The van der Waals surface area contributed by atoms with Gasteiger partial charge in [-0.25, -0.2) is 0 Å². The molecule has 4 heteroatoms. The Hall–Kier alpha value is -1.61. The van der Waals surface area contributed by atoms with Crippen molar-refractivity contribution < 1.29 is 0 Å². The van der Waals surface area contributed by atoms with Gasteiger partial charge in [-0.2, -0.15) is 0 Å². The standard InChI is InChI=1S/C12H12ClN3/c1-2-3-8-14-12-10-7-5-4-6-9(10)11(13)15-16-12/h2,4-7H,1,3,8H2,(H,14,16). The quantitative estimate of drug-likeness (QED) is 0.651. The van der Waals surface area contributed by atoms with E-state index in [2.05, 4.69) is 22.1 Å². The largest absolute Gasteiger partial charge is 0.368 e. The minimum Gasteiger partial charge on any atom is -0.368 e. The van der Waals surface area contributed by atoms with Crippen molar-refractivity contribution in [2.45, 2.75) is 6.42 Å². The highest BCUT2D eigenvalue weighted by atomic mass is 35.5. The summed E-state index contributed by atoms with van der Waals surface area (Å²) in [4.78, 5) is 0. The molecule has 16 heavy (non-hydrogen) atoms. The molecular formula is C12H12ClN3. The summed E-state index contributed by atoms with van der Waals surface area (Å²) >= 11 is 5.97. The molecular weight excluding hydrogens is 222 g/mol. The summed E-state index contributed by atoms with van der Waals surface area (Å²) in [6, 6.07) is 7.81. The number of nitrogens with one attached hydrogen (secondary N) is 1. The molecule has 0 atom stereocenters. The van der Waals surface area contributed by atoms with E-state index in [4.69, 9.17) is 11.6 Å². The minimum absolute atomic E-state index is 0.435. The number of anilines is 1. The van der Waals surface area contributed by atoms with Gasteiger partial charge in [0.25, 0.3) is 0 Å². The van der Waals surface area contributed by atoms with Crippen LogP contribution in [0.1, 0.15) is 6.42 Å². The van der Waals surface area contributed by atoms with Gasteiger partial charge in [0, 0.05) is 17.3 Å². The molecule has 1 heterocycles. The first-order valence-electron chi connectivity index (χ1n) is 5.08. The summed E-state index contributed by atoms with van der Waals surface area (Å²) < 4.78 is 0. The van der Waals surface area contributed by atoms with Crippen LogP contribution in [0.2, 0.25) is 5.15 Å². The number of rotatable bonds is 4. The zero-order chi connectivity index (χ0) is 11.4. The van der Waals surface area contributed by atoms with Crippen LogP contribution in [-0.2, 0) is 0 Å². The predicted molar refractivity (Wildman–Crippen MR) is 67.9 cm³/mol. The zero-order valence-electron chi connectivity index (χ0n) is 8.78. The van der Waals surface area contributed by atoms with Gasteiger partial charge < -0.3 is 5.32 Å². The van der Waals surface area contributed by atoms with Gasteiger partial charge in [-0.15, -0.1) is 16.8 Å². The molecule has 1 aromatic heterocycles. The molecule has 0 amide bonds. The minimum atomic E-state index is 0.435. The van der Waals surface area contributed by atoms with Crippen molar-refractivity contribution in [3.05, 3.63) is 42.1 Å². The number of fused-ring (bicyclic) bond motifs is 1. The topological polar surface area (TPSA) is 37.8 Å². The third-order valence-corrected chi connectivity index (χ3v) is 2.56. The molecule has 0 radical (unpaired) electrons. The first kappa shape index (κ1) is 10.9. The van der Waals surface area contributed by atoms with E-state index in [1.54, 1.807) is 0 Å². The Bertz CT molecular complexity index is 511. The van der Waals surface area contributed by atoms with Crippen LogP contribution in [0.5, 0.6) is 0 Å². The summed E-state index contributed by atoms with van der Waals surface area (Å²) in [7, 11) is 0. The van der Waals surface area contributed by atoms with Crippen LogP contribution in [0, 0.1) is 0 Å². The van der Waals surface area contributed by atoms with E-state index < -0.39 is 0 Å². The van der Waals surface area contributed by atoms with Crippen LogP contribution in [0.3, 0.4) is 0 Å². The van der Waals surface area contributed by atoms with Crippen LogP contribution in [0.4, 0.5) is 5.82 Å². The highest BCUT2D eigenvalue weighted by Crippen LogP contribution is 2.25. The van der Waals surface area contributed by atoms with E-state index in [9.17, 15) is 0 Å². The Labute approximate surface area is 99.1 Å². The van der Waals surface area contributed by atoms with E-state index in [0.29, 0.717) is 5.15 Å². The van der Waals surface area contributed by atoms with Gasteiger partial charge in [0.2, 0.25) is 0 Å². The Kier molecular flexibility index (Phi) is 3.37. The summed E-state index contributed by atoms with van der Waals surface area (Å²) in [5.41, 5.74) is 0. The van der Waals surface area contributed by atoms with E-state index >= 15 is 0 Å². The number of hydrogen-bond donors (Lipinski definition) is 1. The highest BCUT2D eigenvalue weighted by Gasteiger charge is 2.05. The summed E-state index contributed by atoms with van der Waals surface area (Å²) in [5, 5.41) is 13.5. The first-order chi connectivity index (χ1) is 7.83. The second-order valence-electron chi connectivity index (χ2n) is 3.39. The van der Waals surface area contributed by atoms with Gasteiger partial charge in [0.15, 0.2) is 11.0 Å². The maximum atomic E-state index is 5.97. The fourth-order valence-corrected chi connectivity index (χ4v) is 1.70. The molecule has 0 spiro atoms. The average molecular weight is 234 g/mol. The summed E-state index contributed by atoms with van der Waals surface area (Å²) in [6.07, 6.45) is 2.75. The number of hydrogen-bond acceptors (Lipinski definition) is 3. The van der Waals surface area contributed by atoms with Crippen molar-refractivity contribution in [3.63, 3.8) is 0 Å². The molecule has 0 fully saturated rings. The Morgan fingerprint density at radius 3 is 2.75 bits per heavy atom. The van der Waals surface area contributed by atoms with Crippen LogP contribution < -0.4 is 5.32 Å². The van der Waals surface area contributed by atoms with Crippen molar-refractivity contribution >= 4 is 28.2 Å². The maximum Gasteiger partial charge on any atom is 0.159 e. The number of aromatic nitrogens is 2. The van der Waals surface area contributed by atoms with Crippen molar-refractivity contribution in [1.29, 1.82) is 0 Å². The van der Waals surface area contributed by atoms with Gasteiger partial charge in [0.05, 0.1) is 0 Å². The Morgan fingerprint density at radius 1 is 1.25 bits per heavy atom. The molecule has 82 valence electrons. The van der Waals surface area contributed by atoms with Gasteiger partial charge >= 0.3 is 0 Å². The van der Waals surface area contributed by atoms with E-state index in [0.717, 1.165) is 29.6 Å². The van der Waals surface area contributed by atoms with Crippen LogP contribution >= 0.6 is 11.6 Å². The molecule has 2 aromatic rings. The summed E-state index contributed by atoms with van der Waals surface area (Å²) in [6.45, 7) is 4.47. The number of benzene rings is 1. The average Bonchev–Trinajstić information content (AvgIpc) is 2.33. The van der Waals surface area contributed by atoms with Gasteiger partial charge in [-0.1, -0.05) is 41.9 Å². The lowest BCUT2D eigenvalue weighted by Gasteiger charge is -2.07. The molecule has 1 N–H and O–H groups in total. The van der Waals surface area contributed by atoms with E-state index in [-0.39, 0.29) is 0 Å². The fourth-order valence-electron chi connectivity index (χ4n) is 1.49. The van der Waals surface area contributed by atoms with Crippen LogP contribution in [0.15, 0.2) is 36.9 Å². The Morgan fingerprint density at radius 2 is 2.00 bits per heavy atom. The maximum absolute atomic E-state index is 5.97. The second kappa shape index (κ2) is 4.94. The molecule has 2 rings (SSSR count). The Balaban J connectivity index is 2.38. The van der Waals surface area contributed by atoms with Crippen LogP contribution in [-0.4, -0.2) is 16.7 Å². The molecule has 0 aliphatic carbocycles. The lowest BCUT2D eigenvalue weighted by atomic mass is 10.2. The molecule has 1 aromatic carbocycles. The molecule has 0 saturated carbocycles.